The Morgan fingerprint density at radius 1 is 0.385 bits per heavy atom. The van der Waals surface area contributed by atoms with Crippen LogP contribution in [0.4, 0.5) is 0 Å². The SMILES string of the molecule is c1ccc(-c2nc(-c3cccc4c3c3ccc5c(c6ccccc6n5-c5ccccc5)c3n4-c3ccc4ccccc4c3)nc3ccccc23)cc1. The van der Waals surface area contributed by atoms with Gasteiger partial charge in [-0.25, -0.2) is 9.97 Å². The third-order valence-corrected chi connectivity index (χ3v) is 10.5. The molecule has 11 rings (SSSR count). The maximum absolute atomic E-state index is 5.35. The highest BCUT2D eigenvalue weighted by Crippen LogP contribution is 2.45. The minimum absolute atomic E-state index is 0.715. The molecular formula is C48H30N4. The maximum Gasteiger partial charge on any atom is 0.161 e. The molecule has 0 N–H and O–H groups in total. The Kier molecular flexibility index (Phi) is 6.22. The van der Waals surface area contributed by atoms with Gasteiger partial charge in [0, 0.05) is 49.4 Å². The topological polar surface area (TPSA) is 35.6 Å². The molecule has 8 aromatic carbocycles. The maximum atomic E-state index is 5.35. The number of hydrogen-bond donors (Lipinski definition) is 0. The Morgan fingerprint density at radius 2 is 1.08 bits per heavy atom. The van der Waals surface area contributed by atoms with Crippen molar-refractivity contribution in [2.24, 2.45) is 0 Å². The number of benzene rings is 8. The zero-order valence-electron chi connectivity index (χ0n) is 28.1. The molecule has 0 fully saturated rings. The number of aromatic nitrogens is 4. The average molecular weight is 663 g/mol. The van der Waals surface area contributed by atoms with E-state index < -0.39 is 0 Å². The molecule has 11 aromatic rings. The van der Waals surface area contributed by atoms with Crippen molar-refractivity contribution in [1.29, 1.82) is 0 Å². The first kappa shape index (κ1) is 28.8. The fraction of sp³-hybridized carbons (Fsp3) is 0. The lowest BCUT2D eigenvalue weighted by atomic mass is 10.0. The van der Waals surface area contributed by atoms with Crippen molar-refractivity contribution >= 4 is 65.3 Å². The molecule has 52 heavy (non-hydrogen) atoms. The van der Waals surface area contributed by atoms with Crippen molar-refractivity contribution < 1.29 is 0 Å². The predicted octanol–water partition coefficient (Wildman–Crippen LogP) is 12.3. The van der Waals surface area contributed by atoms with Crippen molar-refractivity contribution in [2.45, 2.75) is 0 Å². The largest absolute Gasteiger partial charge is 0.309 e. The summed E-state index contributed by atoms with van der Waals surface area (Å²) in [6.07, 6.45) is 0. The zero-order chi connectivity index (χ0) is 34.2. The van der Waals surface area contributed by atoms with Gasteiger partial charge in [0.2, 0.25) is 0 Å². The molecule has 0 radical (unpaired) electrons. The Balaban J connectivity index is 1.31. The lowest BCUT2D eigenvalue weighted by molar-refractivity contribution is 1.17. The fourth-order valence-electron chi connectivity index (χ4n) is 8.24. The van der Waals surface area contributed by atoms with Crippen LogP contribution in [-0.2, 0) is 0 Å². The Labute approximate surface area is 299 Å². The molecule has 0 aliphatic rings. The third kappa shape index (κ3) is 4.21. The van der Waals surface area contributed by atoms with E-state index in [2.05, 4.69) is 185 Å². The van der Waals surface area contributed by atoms with Crippen LogP contribution in [0.15, 0.2) is 182 Å². The minimum atomic E-state index is 0.715. The summed E-state index contributed by atoms with van der Waals surface area (Å²) in [5.74, 6) is 0.715. The average Bonchev–Trinajstić information content (AvgIpc) is 3.74. The molecule has 0 saturated heterocycles. The second kappa shape index (κ2) is 11.2. The smallest absolute Gasteiger partial charge is 0.161 e. The molecule has 0 aliphatic carbocycles. The van der Waals surface area contributed by atoms with Gasteiger partial charge in [-0.1, -0.05) is 133 Å². The summed E-state index contributed by atoms with van der Waals surface area (Å²) in [6, 6.07) is 64.8. The summed E-state index contributed by atoms with van der Waals surface area (Å²) in [6.45, 7) is 0. The predicted molar refractivity (Wildman–Crippen MR) is 217 cm³/mol. The second-order valence-corrected chi connectivity index (χ2v) is 13.4. The molecule has 0 amide bonds. The van der Waals surface area contributed by atoms with Gasteiger partial charge in [0.15, 0.2) is 5.82 Å². The van der Waals surface area contributed by atoms with Crippen LogP contribution in [0.3, 0.4) is 0 Å². The Morgan fingerprint density at radius 3 is 1.94 bits per heavy atom. The summed E-state index contributed by atoms with van der Waals surface area (Å²) < 4.78 is 4.86. The van der Waals surface area contributed by atoms with Crippen molar-refractivity contribution in [2.75, 3.05) is 0 Å². The van der Waals surface area contributed by atoms with E-state index in [9.17, 15) is 0 Å². The van der Waals surface area contributed by atoms with E-state index >= 15 is 0 Å². The molecule has 3 aromatic heterocycles. The van der Waals surface area contributed by atoms with Gasteiger partial charge in [0.1, 0.15) is 0 Å². The van der Waals surface area contributed by atoms with Gasteiger partial charge in [0.05, 0.1) is 33.3 Å². The van der Waals surface area contributed by atoms with Crippen LogP contribution in [-0.4, -0.2) is 19.1 Å². The minimum Gasteiger partial charge on any atom is -0.309 e. The van der Waals surface area contributed by atoms with Crippen LogP contribution in [0.25, 0.3) is 99.3 Å². The van der Waals surface area contributed by atoms with Crippen molar-refractivity contribution in [3.63, 3.8) is 0 Å². The second-order valence-electron chi connectivity index (χ2n) is 13.4. The van der Waals surface area contributed by atoms with Crippen molar-refractivity contribution in [3.05, 3.63) is 182 Å². The van der Waals surface area contributed by atoms with E-state index in [0.717, 1.165) is 50.0 Å². The van der Waals surface area contributed by atoms with E-state index in [1.54, 1.807) is 0 Å². The number of rotatable bonds is 4. The van der Waals surface area contributed by atoms with Crippen LogP contribution in [0.5, 0.6) is 0 Å². The number of para-hydroxylation sites is 3. The first-order chi connectivity index (χ1) is 25.8. The highest BCUT2D eigenvalue weighted by Gasteiger charge is 2.24. The van der Waals surface area contributed by atoms with Crippen LogP contribution in [0.1, 0.15) is 0 Å². The molecule has 0 spiro atoms. The summed E-state index contributed by atoms with van der Waals surface area (Å²) in [7, 11) is 0. The molecule has 0 unspecified atom stereocenters. The summed E-state index contributed by atoms with van der Waals surface area (Å²) >= 11 is 0. The first-order valence-electron chi connectivity index (χ1n) is 17.7. The summed E-state index contributed by atoms with van der Waals surface area (Å²) in [4.78, 5) is 10.6. The summed E-state index contributed by atoms with van der Waals surface area (Å²) in [5.41, 5.74) is 10.8. The third-order valence-electron chi connectivity index (χ3n) is 10.5. The molecule has 0 bridgehead atoms. The lowest BCUT2D eigenvalue weighted by Crippen LogP contribution is -1.96. The molecular weight excluding hydrogens is 633 g/mol. The van der Waals surface area contributed by atoms with E-state index in [1.165, 1.54) is 43.5 Å². The molecule has 0 aliphatic heterocycles. The van der Waals surface area contributed by atoms with Gasteiger partial charge in [-0.3, -0.25) is 0 Å². The monoisotopic (exact) mass is 662 g/mol. The van der Waals surface area contributed by atoms with Crippen LogP contribution >= 0.6 is 0 Å². The molecule has 3 heterocycles. The van der Waals surface area contributed by atoms with Crippen molar-refractivity contribution in [3.8, 4) is 34.0 Å². The molecule has 4 nitrogen and oxygen atoms in total. The Hall–Kier alpha value is -7.04. The van der Waals surface area contributed by atoms with Gasteiger partial charge in [-0.15, -0.1) is 0 Å². The molecule has 0 atom stereocenters. The number of nitrogens with zero attached hydrogens (tertiary/aromatic N) is 4. The van der Waals surface area contributed by atoms with Gasteiger partial charge >= 0.3 is 0 Å². The lowest BCUT2D eigenvalue weighted by Gasteiger charge is -2.12. The molecule has 4 heteroatoms. The van der Waals surface area contributed by atoms with Crippen LogP contribution in [0, 0.1) is 0 Å². The normalized spacial score (nSPS) is 11.8. The number of fused-ring (bicyclic) bond motifs is 9. The standard InChI is InChI=1S/C48H30N4/c1-3-15-32(16-4-1)46-36-20-9-11-23-40(36)49-48(50-46)39-22-13-25-42-44(39)38-28-29-43-45(37-21-10-12-24-41(37)51(43)34-18-5-2-6-19-34)47(38)52(42)35-27-26-31-14-7-8-17-33(31)30-35/h1-30H. The fourth-order valence-corrected chi connectivity index (χ4v) is 8.24. The van der Waals surface area contributed by atoms with Gasteiger partial charge in [-0.2, -0.15) is 0 Å². The zero-order valence-corrected chi connectivity index (χ0v) is 28.1. The van der Waals surface area contributed by atoms with Gasteiger partial charge < -0.3 is 9.13 Å². The highest BCUT2D eigenvalue weighted by atomic mass is 15.0. The number of hydrogen-bond acceptors (Lipinski definition) is 2. The van der Waals surface area contributed by atoms with Crippen molar-refractivity contribution in [1.82, 2.24) is 19.1 Å². The van der Waals surface area contributed by atoms with E-state index in [4.69, 9.17) is 9.97 Å². The Bertz CT molecular complexity index is 3170. The van der Waals surface area contributed by atoms with E-state index in [-0.39, 0.29) is 0 Å². The molecule has 0 saturated carbocycles. The van der Waals surface area contributed by atoms with Gasteiger partial charge in [0.25, 0.3) is 0 Å². The highest BCUT2D eigenvalue weighted by molar-refractivity contribution is 6.28. The van der Waals surface area contributed by atoms with Crippen LogP contribution < -0.4 is 0 Å². The van der Waals surface area contributed by atoms with E-state index in [1.807, 2.05) is 6.07 Å². The first-order valence-corrected chi connectivity index (χ1v) is 17.7. The van der Waals surface area contributed by atoms with E-state index in [0.29, 0.717) is 5.82 Å². The van der Waals surface area contributed by atoms with Gasteiger partial charge in [-0.05, 0) is 59.3 Å². The van der Waals surface area contributed by atoms with Crippen LogP contribution in [0.2, 0.25) is 0 Å². The summed E-state index contributed by atoms with van der Waals surface area (Å²) in [5, 5.41) is 8.20. The quantitative estimate of drug-likeness (QED) is 0.188. The molecule has 242 valence electrons.